The molecule has 4 aromatic rings. The number of carboxylic acids is 1. The number of nitrogens with one attached hydrogen (secondary N) is 4. The van der Waals surface area contributed by atoms with E-state index in [2.05, 4.69) is 20.9 Å². The van der Waals surface area contributed by atoms with E-state index in [4.69, 9.17) is 5.73 Å². The van der Waals surface area contributed by atoms with Gasteiger partial charge in [-0.05, 0) is 53.4 Å². The van der Waals surface area contributed by atoms with E-state index in [9.17, 15) is 39.6 Å². The summed E-state index contributed by atoms with van der Waals surface area (Å²) >= 11 is 0. The molecule has 3 amide bonds. The van der Waals surface area contributed by atoms with Crippen LogP contribution >= 0.6 is 0 Å². The van der Waals surface area contributed by atoms with Crippen molar-refractivity contribution < 1.29 is 39.6 Å². The minimum atomic E-state index is -1.53. The molecule has 0 saturated carbocycles. The number of para-hydroxylation sites is 1. The van der Waals surface area contributed by atoms with Gasteiger partial charge in [0.25, 0.3) is 0 Å². The molecule has 0 bridgehead atoms. The molecular weight excluding hydrogens is 582 g/mol. The van der Waals surface area contributed by atoms with E-state index in [0.29, 0.717) is 16.7 Å². The Morgan fingerprint density at radius 1 is 0.689 bits per heavy atom. The van der Waals surface area contributed by atoms with Crippen molar-refractivity contribution in [3.63, 3.8) is 0 Å². The van der Waals surface area contributed by atoms with E-state index in [1.54, 1.807) is 36.5 Å². The lowest BCUT2D eigenvalue weighted by atomic mass is 10.0. The van der Waals surface area contributed by atoms with E-state index in [1.165, 1.54) is 24.3 Å². The molecule has 10 N–H and O–H groups in total. The summed E-state index contributed by atoms with van der Waals surface area (Å²) in [6, 6.07) is 14.1. The van der Waals surface area contributed by atoms with Crippen molar-refractivity contribution in [2.75, 3.05) is 6.61 Å². The number of aliphatic carboxylic acids is 1. The number of phenolic OH excluding ortho intramolecular Hbond substituents is 2. The van der Waals surface area contributed by atoms with Crippen LogP contribution in [0.3, 0.4) is 0 Å². The average molecular weight is 618 g/mol. The minimum Gasteiger partial charge on any atom is -0.508 e. The molecule has 0 aliphatic rings. The van der Waals surface area contributed by atoms with Gasteiger partial charge in [-0.2, -0.15) is 0 Å². The number of phenols is 2. The lowest BCUT2D eigenvalue weighted by molar-refractivity contribution is -0.142. The second-order valence-electron chi connectivity index (χ2n) is 10.6. The number of nitrogens with two attached hydrogens (primary N) is 1. The SMILES string of the molecule is NC(Cc1ccc(O)cc1)C(=O)NC(Cc1ccc(O)cc1)C(=O)NC(CO)C(=O)NC(Cc1c[nH]c2ccccc12)C(=O)O. The quantitative estimate of drug-likeness (QED) is 0.0956. The molecule has 4 atom stereocenters. The smallest absolute Gasteiger partial charge is 0.326 e. The average Bonchev–Trinajstić information content (AvgIpc) is 3.43. The Morgan fingerprint density at radius 3 is 1.82 bits per heavy atom. The number of hydrogen-bond donors (Lipinski definition) is 9. The second kappa shape index (κ2) is 14.9. The second-order valence-corrected chi connectivity index (χ2v) is 10.6. The van der Waals surface area contributed by atoms with Crippen LogP contribution in [0.4, 0.5) is 0 Å². The summed E-state index contributed by atoms with van der Waals surface area (Å²) in [5.74, 6) is -3.69. The Morgan fingerprint density at radius 2 is 1.22 bits per heavy atom. The Bertz CT molecular complexity index is 1640. The van der Waals surface area contributed by atoms with Crippen LogP contribution in [-0.4, -0.2) is 79.9 Å². The molecule has 3 aromatic carbocycles. The van der Waals surface area contributed by atoms with Crippen molar-refractivity contribution >= 4 is 34.6 Å². The van der Waals surface area contributed by atoms with Crippen LogP contribution in [0.1, 0.15) is 16.7 Å². The third-order valence-corrected chi connectivity index (χ3v) is 7.27. The zero-order valence-corrected chi connectivity index (χ0v) is 24.1. The summed E-state index contributed by atoms with van der Waals surface area (Å²) in [5, 5.41) is 47.1. The summed E-state index contributed by atoms with van der Waals surface area (Å²) in [6.07, 6.45) is 1.65. The molecule has 45 heavy (non-hydrogen) atoms. The number of aliphatic hydroxyl groups is 1. The van der Waals surface area contributed by atoms with Crippen LogP contribution in [0.2, 0.25) is 0 Å². The summed E-state index contributed by atoms with van der Waals surface area (Å²) in [6.45, 7) is -0.850. The minimum absolute atomic E-state index is 0.00246. The highest BCUT2D eigenvalue weighted by Gasteiger charge is 2.31. The molecule has 13 heteroatoms. The number of amides is 3. The highest BCUT2D eigenvalue weighted by Crippen LogP contribution is 2.19. The molecular formula is C32H35N5O8. The molecule has 0 fully saturated rings. The summed E-state index contributed by atoms with van der Waals surface area (Å²) in [5.41, 5.74) is 8.79. The molecule has 0 saturated heterocycles. The van der Waals surface area contributed by atoms with E-state index in [0.717, 1.165) is 10.9 Å². The fourth-order valence-electron chi connectivity index (χ4n) is 4.79. The molecule has 0 spiro atoms. The van der Waals surface area contributed by atoms with Gasteiger partial charge in [0.1, 0.15) is 29.6 Å². The van der Waals surface area contributed by atoms with Gasteiger partial charge in [-0.25, -0.2) is 4.79 Å². The van der Waals surface area contributed by atoms with Gasteiger partial charge in [-0.15, -0.1) is 0 Å². The number of aromatic hydroxyl groups is 2. The first-order valence-electron chi connectivity index (χ1n) is 14.1. The summed E-state index contributed by atoms with van der Waals surface area (Å²) < 4.78 is 0. The van der Waals surface area contributed by atoms with E-state index >= 15 is 0 Å². The zero-order chi connectivity index (χ0) is 32.5. The lowest BCUT2D eigenvalue weighted by Crippen LogP contribution is -2.58. The van der Waals surface area contributed by atoms with Gasteiger partial charge in [-0.3, -0.25) is 14.4 Å². The topological polar surface area (TPSA) is 227 Å². The summed E-state index contributed by atoms with van der Waals surface area (Å²) in [4.78, 5) is 54.6. The van der Waals surface area contributed by atoms with E-state index in [-0.39, 0.29) is 30.8 Å². The van der Waals surface area contributed by atoms with Gasteiger partial charge < -0.3 is 47.1 Å². The summed E-state index contributed by atoms with van der Waals surface area (Å²) in [7, 11) is 0. The first-order valence-corrected chi connectivity index (χ1v) is 14.1. The number of carbonyl (C=O) groups excluding carboxylic acids is 3. The highest BCUT2D eigenvalue weighted by atomic mass is 16.4. The maximum Gasteiger partial charge on any atom is 0.326 e. The number of aromatic nitrogens is 1. The normalized spacial score (nSPS) is 13.7. The monoisotopic (exact) mass is 617 g/mol. The number of rotatable bonds is 14. The van der Waals surface area contributed by atoms with Gasteiger partial charge in [0.15, 0.2) is 0 Å². The standard InChI is InChI=1S/C32H35N5O8/c33-24(13-18-5-9-21(39)10-6-18)29(41)35-26(14-19-7-11-22(40)12-8-19)30(42)37-28(17-38)31(43)36-27(32(44)45)15-20-16-34-25-4-2-1-3-23(20)25/h1-12,16,24,26-28,34,38-40H,13-15,17,33H2,(H,35,41)(H,36,43)(H,37,42)(H,44,45). The van der Waals surface area contributed by atoms with Crippen molar-refractivity contribution in [2.24, 2.45) is 5.73 Å². The van der Waals surface area contributed by atoms with Crippen molar-refractivity contribution in [3.8, 4) is 11.5 Å². The van der Waals surface area contributed by atoms with Gasteiger partial charge in [-0.1, -0.05) is 42.5 Å². The van der Waals surface area contributed by atoms with Gasteiger partial charge in [0.05, 0.1) is 12.6 Å². The third kappa shape index (κ3) is 8.81. The van der Waals surface area contributed by atoms with Gasteiger partial charge in [0.2, 0.25) is 17.7 Å². The largest absolute Gasteiger partial charge is 0.508 e. The van der Waals surface area contributed by atoms with Crippen molar-refractivity contribution in [3.05, 3.63) is 95.7 Å². The van der Waals surface area contributed by atoms with Crippen molar-refractivity contribution in [1.82, 2.24) is 20.9 Å². The number of carboxylic acid groups (broad SMARTS) is 1. The fraction of sp³-hybridized carbons (Fsp3) is 0.250. The van der Waals surface area contributed by atoms with Crippen LogP contribution < -0.4 is 21.7 Å². The zero-order valence-electron chi connectivity index (χ0n) is 24.1. The van der Waals surface area contributed by atoms with Crippen LogP contribution in [-0.2, 0) is 38.4 Å². The predicted octanol–water partition coefficient (Wildman–Crippen LogP) is 0.466. The number of benzene rings is 3. The molecule has 4 unspecified atom stereocenters. The van der Waals surface area contributed by atoms with Gasteiger partial charge >= 0.3 is 5.97 Å². The fourth-order valence-corrected chi connectivity index (χ4v) is 4.79. The van der Waals surface area contributed by atoms with E-state index < -0.39 is 54.5 Å². The number of aliphatic hydroxyl groups excluding tert-OH is 1. The Kier molecular flexibility index (Phi) is 10.7. The molecule has 4 rings (SSSR count). The number of H-pyrrole nitrogens is 1. The Labute approximate surface area is 258 Å². The molecule has 1 heterocycles. The first-order chi connectivity index (χ1) is 21.5. The molecule has 0 aliphatic heterocycles. The number of hydrogen-bond acceptors (Lipinski definition) is 8. The highest BCUT2D eigenvalue weighted by molar-refractivity contribution is 5.94. The van der Waals surface area contributed by atoms with Crippen LogP contribution in [0, 0.1) is 0 Å². The van der Waals surface area contributed by atoms with Crippen molar-refractivity contribution in [2.45, 2.75) is 43.4 Å². The molecule has 13 nitrogen and oxygen atoms in total. The lowest BCUT2D eigenvalue weighted by Gasteiger charge is -2.24. The van der Waals surface area contributed by atoms with Crippen molar-refractivity contribution in [1.29, 1.82) is 0 Å². The van der Waals surface area contributed by atoms with E-state index in [1.807, 2.05) is 18.2 Å². The predicted molar refractivity (Wildman–Crippen MR) is 164 cm³/mol. The Balaban J connectivity index is 1.45. The van der Waals surface area contributed by atoms with Crippen LogP contribution in [0.25, 0.3) is 10.9 Å². The number of aromatic amines is 1. The number of carbonyl (C=O) groups is 4. The first kappa shape index (κ1) is 32.5. The molecule has 0 radical (unpaired) electrons. The maximum atomic E-state index is 13.4. The van der Waals surface area contributed by atoms with Crippen LogP contribution in [0.15, 0.2) is 79.0 Å². The Hall–Kier alpha value is -5.40. The third-order valence-electron chi connectivity index (χ3n) is 7.27. The molecule has 236 valence electrons. The van der Waals surface area contributed by atoms with Crippen LogP contribution in [0.5, 0.6) is 11.5 Å². The maximum absolute atomic E-state index is 13.4. The molecule has 0 aliphatic carbocycles. The van der Waals surface area contributed by atoms with Gasteiger partial charge in [0, 0.05) is 29.9 Å². The molecule has 1 aromatic heterocycles. The number of fused-ring (bicyclic) bond motifs is 1.